The third kappa shape index (κ3) is 3.27. The van der Waals surface area contributed by atoms with Crippen molar-refractivity contribution >= 4 is 17.0 Å². The topological polar surface area (TPSA) is 25.0 Å². The summed E-state index contributed by atoms with van der Waals surface area (Å²) < 4.78 is 5.29. The molecule has 0 bridgehead atoms. The highest BCUT2D eigenvalue weighted by molar-refractivity contribution is 5.91. The van der Waals surface area contributed by atoms with E-state index in [1.807, 2.05) is 18.2 Å². The molecule has 128 valence electrons. The van der Waals surface area contributed by atoms with Gasteiger partial charge in [0.1, 0.15) is 5.75 Å². The van der Waals surface area contributed by atoms with Crippen LogP contribution in [0.15, 0.2) is 84.9 Å². The van der Waals surface area contributed by atoms with Crippen molar-refractivity contribution in [1.29, 1.82) is 0 Å². The SMILES string of the molecule is COc1ccc(-c2[nH]c3ccccc3c2C/C=C/c2ccccc2)cc1. The number of benzene rings is 3. The smallest absolute Gasteiger partial charge is 0.118 e. The fourth-order valence-corrected chi connectivity index (χ4v) is 3.29. The third-order valence-corrected chi connectivity index (χ3v) is 4.62. The standard InChI is InChI=1S/C24H21NO/c1-26-20-16-14-19(15-17-20)24-22(21-11-5-6-13-23(21)25-24)12-7-10-18-8-3-2-4-9-18/h2-11,13-17,25H,12H2,1H3/b10-7+. The van der Waals surface area contributed by atoms with Crippen LogP contribution in [-0.2, 0) is 6.42 Å². The van der Waals surface area contributed by atoms with Gasteiger partial charge in [-0.05, 0) is 53.4 Å². The summed E-state index contributed by atoms with van der Waals surface area (Å²) in [5.41, 5.74) is 6.05. The lowest BCUT2D eigenvalue weighted by Gasteiger charge is -2.05. The lowest BCUT2D eigenvalue weighted by Crippen LogP contribution is -1.87. The fourth-order valence-electron chi connectivity index (χ4n) is 3.29. The van der Waals surface area contributed by atoms with Crippen molar-refractivity contribution in [3.8, 4) is 17.0 Å². The van der Waals surface area contributed by atoms with E-state index in [9.17, 15) is 0 Å². The number of hydrogen-bond acceptors (Lipinski definition) is 1. The van der Waals surface area contributed by atoms with Gasteiger partial charge in [0.25, 0.3) is 0 Å². The molecule has 3 aromatic carbocycles. The Labute approximate surface area is 153 Å². The highest BCUT2D eigenvalue weighted by Crippen LogP contribution is 2.32. The number of methoxy groups -OCH3 is 1. The molecule has 0 saturated heterocycles. The minimum Gasteiger partial charge on any atom is -0.497 e. The summed E-state index contributed by atoms with van der Waals surface area (Å²) in [6, 6.07) is 27.1. The summed E-state index contributed by atoms with van der Waals surface area (Å²) in [6.07, 6.45) is 5.29. The van der Waals surface area contributed by atoms with Gasteiger partial charge >= 0.3 is 0 Å². The van der Waals surface area contributed by atoms with E-state index in [4.69, 9.17) is 4.74 Å². The van der Waals surface area contributed by atoms with E-state index in [1.54, 1.807) is 7.11 Å². The van der Waals surface area contributed by atoms with Gasteiger partial charge in [-0.2, -0.15) is 0 Å². The predicted molar refractivity (Wildman–Crippen MR) is 109 cm³/mol. The van der Waals surface area contributed by atoms with Gasteiger partial charge in [-0.15, -0.1) is 0 Å². The van der Waals surface area contributed by atoms with E-state index in [-0.39, 0.29) is 0 Å². The van der Waals surface area contributed by atoms with Crippen molar-refractivity contribution in [3.05, 3.63) is 96.1 Å². The Kier molecular flexibility index (Phi) is 4.57. The number of H-pyrrole nitrogens is 1. The Morgan fingerprint density at radius 2 is 1.58 bits per heavy atom. The maximum Gasteiger partial charge on any atom is 0.118 e. The van der Waals surface area contributed by atoms with Crippen LogP contribution in [0.5, 0.6) is 5.75 Å². The Morgan fingerprint density at radius 1 is 0.846 bits per heavy atom. The number of para-hydroxylation sites is 1. The van der Waals surface area contributed by atoms with E-state index in [0.29, 0.717) is 0 Å². The molecule has 26 heavy (non-hydrogen) atoms. The van der Waals surface area contributed by atoms with Crippen molar-refractivity contribution in [2.45, 2.75) is 6.42 Å². The molecule has 2 heteroatoms. The van der Waals surface area contributed by atoms with E-state index in [1.165, 1.54) is 33.3 Å². The van der Waals surface area contributed by atoms with Crippen LogP contribution < -0.4 is 4.74 Å². The largest absolute Gasteiger partial charge is 0.497 e. The monoisotopic (exact) mass is 339 g/mol. The van der Waals surface area contributed by atoms with Gasteiger partial charge in [0.2, 0.25) is 0 Å². The zero-order chi connectivity index (χ0) is 17.8. The molecular weight excluding hydrogens is 318 g/mol. The zero-order valence-corrected chi connectivity index (χ0v) is 14.8. The normalized spacial score (nSPS) is 11.3. The van der Waals surface area contributed by atoms with Crippen LogP contribution in [0.4, 0.5) is 0 Å². The first-order chi connectivity index (χ1) is 12.8. The minimum absolute atomic E-state index is 0.871. The van der Waals surface area contributed by atoms with E-state index in [0.717, 1.165) is 12.2 Å². The van der Waals surface area contributed by atoms with Crippen LogP contribution in [0.3, 0.4) is 0 Å². The first-order valence-corrected chi connectivity index (χ1v) is 8.81. The minimum atomic E-state index is 0.871. The molecule has 0 amide bonds. The highest BCUT2D eigenvalue weighted by atomic mass is 16.5. The predicted octanol–water partition coefficient (Wildman–Crippen LogP) is 6.10. The zero-order valence-electron chi connectivity index (χ0n) is 14.8. The van der Waals surface area contributed by atoms with Gasteiger partial charge in [0.15, 0.2) is 0 Å². The molecule has 0 spiro atoms. The average molecular weight is 339 g/mol. The summed E-state index contributed by atoms with van der Waals surface area (Å²) in [4.78, 5) is 3.59. The van der Waals surface area contributed by atoms with Crippen LogP contribution in [0.25, 0.3) is 28.2 Å². The molecule has 0 atom stereocenters. The van der Waals surface area contributed by atoms with E-state index in [2.05, 4.69) is 77.8 Å². The van der Waals surface area contributed by atoms with Crippen molar-refractivity contribution in [1.82, 2.24) is 4.98 Å². The van der Waals surface area contributed by atoms with E-state index < -0.39 is 0 Å². The van der Waals surface area contributed by atoms with Gasteiger partial charge in [-0.3, -0.25) is 0 Å². The number of nitrogens with one attached hydrogen (secondary N) is 1. The number of aromatic nitrogens is 1. The first-order valence-electron chi connectivity index (χ1n) is 8.81. The molecule has 0 aliphatic rings. The van der Waals surface area contributed by atoms with Crippen molar-refractivity contribution in [2.24, 2.45) is 0 Å². The van der Waals surface area contributed by atoms with Crippen molar-refractivity contribution in [2.75, 3.05) is 7.11 Å². The molecule has 1 heterocycles. The molecule has 0 aliphatic carbocycles. The Morgan fingerprint density at radius 3 is 2.35 bits per heavy atom. The molecule has 0 aliphatic heterocycles. The molecule has 0 radical (unpaired) electrons. The molecule has 4 aromatic rings. The molecule has 1 N–H and O–H groups in total. The van der Waals surface area contributed by atoms with Crippen molar-refractivity contribution in [3.63, 3.8) is 0 Å². The van der Waals surface area contributed by atoms with Crippen molar-refractivity contribution < 1.29 is 4.74 Å². The van der Waals surface area contributed by atoms with Gasteiger partial charge < -0.3 is 9.72 Å². The molecule has 4 rings (SSSR count). The molecule has 2 nitrogen and oxygen atoms in total. The molecule has 1 aromatic heterocycles. The summed E-state index contributed by atoms with van der Waals surface area (Å²) in [5, 5.41) is 1.27. The van der Waals surface area contributed by atoms with E-state index >= 15 is 0 Å². The quantitative estimate of drug-likeness (QED) is 0.467. The van der Waals surface area contributed by atoms with Crippen LogP contribution in [0.1, 0.15) is 11.1 Å². The second-order valence-corrected chi connectivity index (χ2v) is 6.27. The summed E-state index contributed by atoms with van der Waals surface area (Å²) in [7, 11) is 1.69. The van der Waals surface area contributed by atoms with Gasteiger partial charge in [-0.25, -0.2) is 0 Å². The molecular formula is C24H21NO. The number of ether oxygens (including phenoxy) is 1. The second kappa shape index (κ2) is 7.32. The fraction of sp³-hybridized carbons (Fsp3) is 0.0833. The summed E-state index contributed by atoms with van der Waals surface area (Å²) >= 11 is 0. The average Bonchev–Trinajstić information content (AvgIpc) is 3.08. The lowest BCUT2D eigenvalue weighted by molar-refractivity contribution is 0.415. The van der Waals surface area contributed by atoms with Crippen LogP contribution in [-0.4, -0.2) is 12.1 Å². The Balaban J connectivity index is 1.72. The summed E-state index contributed by atoms with van der Waals surface area (Å²) in [5.74, 6) is 0.871. The molecule has 0 saturated carbocycles. The highest BCUT2D eigenvalue weighted by Gasteiger charge is 2.12. The Bertz CT molecular complexity index is 1030. The summed E-state index contributed by atoms with van der Waals surface area (Å²) in [6.45, 7) is 0. The first kappa shape index (κ1) is 16.2. The number of fused-ring (bicyclic) bond motifs is 1. The molecule has 0 unspecified atom stereocenters. The van der Waals surface area contributed by atoms with Crippen LogP contribution in [0.2, 0.25) is 0 Å². The van der Waals surface area contributed by atoms with Crippen LogP contribution >= 0.6 is 0 Å². The number of rotatable bonds is 5. The van der Waals surface area contributed by atoms with Gasteiger partial charge in [-0.1, -0.05) is 60.7 Å². The lowest BCUT2D eigenvalue weighted by atomic mass is 10.0. The second-order valence-electron chi connectivity index (χ2n) is 6.27. The Hall–Kier alpha value is -3.26. The van der Waals surface area contributed by atoms with Gasteiger partial charge in [0.05, 0.1) is 12.8 Å². The number of hydrogen-bond donors (Lipinski definition) is 1. The third-order valence-electron chi connectivity index (χ3n) is 4.62. The number of aromatic amines is 1. The maximum atomic E-state index is 5.29. The number of allylic oxidation sites excluding steroid dienone is 1. The van der Waals surface area contributed by atoms with Crippen LogP contribution in [0, 0.1) is 0 Å². The molecule has 0 fully saturated rings. The van der Waals surface area contributed by atoms with Gasteiger partial charge in [0, 0.05) is 10.9 Å². The maximum absolute atomic E-state index is 5.29.